The maximum atomic E-state index is 13.8. The van der Waals surface area contributed by atoms with Gasteiger partial charge in [0, 0.05) is 17.6 Å². The van der Waals surface area contributed by atoms with Gasteiger partial charge in [0.2, 0.25) is 0 Å². The summed E-state index contributed by atoms with van der Waals surface area (Å²) >= 11 is 5.93. The van der Waals surface area contributed by atoms with E-state index in [4.69, 9.17) is 11.6 Å². The summed E-state index contributed by atoms with van der Waals surface area (Å²) in [5.41, 5.74) is 0.757. The first-order chi connectivity index (χ1) is 8.36. The van der Waals surface area contributed by atoms with Crippen molar-refractivity contribution >= 4 is 11.6 Å². The van der Waals surface area contributed by atoms with Gasteiger partial charge in [-0.15, -0.1) is 0 Å². The van der Waals surface area contributed by atoms with E-state index in [1.165, 1.54) is 6.07 Å². The van der Waals surface area contributed by atoms with Gasteiger partial charge in [-0.25, -0.2) is 4.39 Å². The number of nitrogens with one attached hydrogen (secondary N) is 1. The minimum atomic E-state index is -0.163. The van der Waals surface area contributed by atoms with Crippen molar-refractivity contribution in [3.63, 3.8) is 0 Å². The zero-order chi connectivity index (χ0) is 13.8. The molecule has 0 heterocycles. The summed E-state index contributed by atoms with van der Waals surface area (Å²) in [5, 5.41) is 4.03. The third kappa shape index (κ3) is 4.58. The van der Waals surface area contributed by atoms with Crippen molar-refractivity contribution in [2.75, 3.05) is 6.54 Å². The maximum absolute atomic E-state index is 13.8. The Morgan fingerprint density at radius 2 is 2.06 bits per heavy atom. The Morgan fingerprint density at radius 1 is 1.39 bits per heavy atom. The standard InChI is InChI=1S/C15H23ClFN/c1-5-15(4,10-18-11(2)3)9-12-8-13(16)6-7-14(12)17/h6-8,11,18H,5,9-10H2,1-4H3. The number of rotatable bonds is 6. The average molecular weight is 272 g/mol. The predicted molar refractivity (Wildman–Crippen MR) is 76.7 cm³/mol. The summed E-state index contributed by atoms with van der Waals surface area (Å²) < 4.78 is 13.8. The zero-order valence-electron chi connectivity index (χ0n) is 11.7. The number of hydrogen-bond acceptors (Lipinski definition) is 1. The minimum absolute atomic E-state index is 0.0514. The highest BCUT2D eigenvalue weighted by atomic mass is 35.5. The maximum Gasteiger partial charge on any atom is 0.126 e. The highest BCUT2D eigenvalue weighted by molar-refractivity contribution is 6.30. The molecule has 1 nitrogen and oxygen atoms in total. The van der Waals surface area contributed by atoms with Crippen molar-refractivity contribution in [3.05, 3.63) is 34.6 Å². The molecule has 0 spiro atoms. The fraction of sp³-hybridized carbons (Fsp3) is 0.600. The van der Waals surface area contributed by atoms with Crippen LogP contribution in [0.3, 0.4) is 0 Å². The first-order valence-electron chi connectivity index (χ1n) is 6.53. The Kier molecular flexibility index (Phi) is 5.61. The lowest BCUT2D eigenvalue weighted by atomic mass is 9.81. The molecule has 1 unspecified atom stereocenters. The molecular weight excluding hydrogens is 249 g/mol. The van der Waals surface area contributed by atoms with Gasteiger partial charge in [0.1, 0.15) is 5.82 Å². The van der Waals surface area contributed by atoms with Gasteiger partial charge in [-0.2, -0.15) is 0 Å². The SMILES string of the molecule is CCC(C)(CNC(C)C)Cc1cc(Cl)ccc1F. The van der Waals surface area contributed by atoms with Crippen LogP contribution in [0.4, 0.5) is 4.39 Å². The lowest BCUT2D eigenvalue weighted by Gasteiger charge is -2.30. The normalized spacial score (nSPS) is 14.8. The molecule has 3 heteroatoms. The van der Waals surface area contributed by atoms with E-state index < -0.39 is 0 Å². The molecule has 1 atom stereocenters. The van der Waals surface area contributed by atoms with Gasteiger partial charge in [-0.1, -0.05) is 39.3 Å². The molecule has 0 aliphatic carbocycles. The van der Waals surface area contributed by atoms with E-state index in [-0.39, 0.29) is 11.2 Å². The van der Waals surface area contributed by atoms with Crippen LogP contribution in [0.5, 0.6) is 0 Å². The minimum Gasteiger partial charge on any atom is -0.314 e. The van der Waals surface area contributed by atoms with Gasteiger partial charge >= 0.3 is 0 Å². The Morgan fingerprint density at radius 3 is 2.61 bits per heavy atom. The quantitative estimate of drug-likeness (QED) is 0.807. The molecule has 0 saturated heterocycles. The van der Waals surface area contributed by atoms with E-state index in [1.807, 2.05) is 0 Å². The van der Waals surface area contributed by atoms with E-state index in [0.29, 0.717) is 23.0 Å². The molecule has 1 N–H and O–H groups in total. The molecule has 18 heavy (non-hydrogen) atoms. The van der Waals surface area contributed by atoms with Gasteiger partial charge < -0.3 is 5.32 Å². The molecule has 0 aliphatic heterocycles. The van der Waals surface area contributed by atoms with E-state index in [0.717, 1.165) is 13.0 Å². The lowest BCUT2D eigenvalue weighted by molar-refractivity contribution is 0.278. The lowest BCUT2D eigenvalue weighted by Crippen LogP contribution is -2.37. The first-order valence-corrected chi connectivity index (χ1v) is 6.91. The van der Waals surface area contributed by atoms with Crippen molar-refractivity contribution < 1.29 is 4.39 Å². The van der Waals surface area contributed by atoms with E-state index in [1.54, 1.807) is 12.1 Å². The smallest absolute Gasteiger partial charge is 0.126 e. The van der Waals surface area contributed by atoms with Gasteiger partial charge in [-0.3, -0.25) is 0 Å². The second-order valence-electron chi connectivity index (χ2n) is 5.61. The monoisotopic (exact) mass is 271 g/mol. The van der Waals surface area contributed by atoms with Crippen LogP contribution in [0.1, 0.15) is 39.7 Å². The average Bonchev–Trinajstić information content (AvgIpc) is 2.31. The van der Waals surface area contributed by atoms with Crippen molar-refractivity contribution in [1.82, 2.24) is 5.32 Å². The second-order valence-corrected chi connectivity index (χ2v) is 6.05. The van der Waals surface area contributed by atoms with E-state index >= 15 is 0 Å². The first kappa shape index (κ1) is 15.5. The summed E-state index contributed by atoms with van der Waals surface area (Å²) in [6, 6.07) is 5.22. The molecule has 102 valence electrons. The van der Waals surface area contributed by atoms with Crippen LogP contribution in [0.25, 0.3) is 0 Å². The molecule has 1 aromatic rings. The Balaban J connectivity index is 2.80. The molecule has 0 fully saturated rings. The highest BCUT2D eigenvalue weighted by Gasteiger charge is 2.24. The van der Waals surface area contributed by atoms with Gasteiger partial charge in [0.05, 0.1) is 0 Å². The topological polar surface area (TPSA) is 12.0 Å². The van der Waals surface area contributed by atoms with Crippen LogP contribution in [-0.4, -0.2) is 12.6 Å². The summed E-state index contributed by atoms with van der Waals surface area (Å²) in [5.74, 6) is -0.163. The third-order valence-corrected chi connectivity index (χ3v) is 3.65. The van der Waals surface area contributed by atoms with Crippen LogP contribution in [0.15, 0.2) is 18.2 Å². The summed E-state index contributed by atoms with van der Waals surface area (Å²) in [6.07, 6.45) is 1.70. The summed E-state index contributed by atoms with van der Waals surface area (Å²) in [6.45, 7) is 9.45. The molecule has 0 radical (unpaired) electrons. The highest BCUT2D eigenvalue weighted by Crippen LogP contribution is 2.28. The predicted octanol–water partition coefficient (Wildman–Crippen LogP) is 4.44. The fourth-order valence-corrected chi connectivity index (χ4v) is 2.10. The summed E-state index contributed by atoms with van der Waals surface area (Å²) in [4.78, 5) is 0. The van der Waals surface area contributed by atoms with Gasteiger partial charge in [-0.05, 0) is 42.0 Å². The Bertz CT molecular complexity index is 392. The van der Waals surface area contributed by atoms with Crippen LogP contribution in [0, 0.1) is 11.2 Å². The second kappa shape index (κ2) is 6.53. The number of halogens is 2. The van der Waals surface area contributed by atoms with Gasteiger partial charge in [0.25, 0.3) is 0 Å². The Hall–Kier alpha value is -0.600. The molecule has 0 amide bonds. The number of hydrogen-bond donors (Lipinski definition) is 1. The van der Waals surface area contributed by atoms with Crippen LogP contribution < -0.4 is 5.32 Å². The van der Waals surface area contributed by atoms with Crippen LogP contribution >= 0.6 is 11.6 Å². The molecule has 0 bridgehead atoms. The van der Waals surface area contributed by atoms with Crippen molar-refractivity contribution in [2.45, 2.75) is 46.6 Å². The number of benzene rings is 1. The molecule has 1 aromatic carbocycles. The van der Waals surface area contributed by atoms with Gasteiger partial charge in [0.15, 0.2) is 0 Å². The van der Waals surface area contributed by atoms with Crippen LogP contribution in [-0.2, 0) is 6.42 Å². The van der Waals surface area contributed by atoms with Crippen molar-refractivity contribution in [1.29, 1.82) is 0 Å². The molecule has 0 aromatic heterocycles. The van der Waals surface area contributed by atoms with E-state index in [9.17, 15) is 4.39 Å². The Labute approximate surface area is 115 Å². The van der Waals surface area contributed by atoms with Crippen molar-refractivity contribution in [2.24, 2.45) is 5.41 Å². The zero-order valence-corrected chi connectivity index (χ0v) is 12.4. The van der Waals surface area contributed by atoms with E-state index in [2.05, 4.69) is 33.0 Å². The fourth-order valence-electron chi connectivity index (χ4n) is 1.90. The molecule has 0 aliphatic rings. The molecule has 0 saturated carbocycles. The van der Waals surface area contributed by atoms with Crippen LogP contribution in [0.2, 0.25) is 5.02 Å². The molecule has 1 rings (SSSR count). The largest absolute Gasteiger partial charge is 0.314 e. The molecular formula is C15H23ClFN. The third-order valence-electron chi connectivity index (χ3n) is 3.42. The summed E-state index contributed by atoms with van der Waals surface area (Å²) in [7, 11) is 0. The van der Waals surface area contributed by atoms with Crippen molar-refractivity contribution in [3.8, 4) is 0 Å².